The van der Waals surface area contributed by atoms with Gasteiger partial charge in [0.05, 0.1) is 18.8 Å². The van der Waals surface area contributed by atoms with E-state index in [0.29, 0.717) is 25.1 Å². The Morgan fingerprint density at radius 2 is 1.89 bits per heavy atom. The molecule has 0 N–H and O–H groups in total. The van der Waals surface area contributed by atoms with Crippen molar-refractivity contribution in [2.45, 2.75) is 51.6 Å². The van der Waals surface area contributed by atoms with Crippen LogP contribution in [0.25, 0.3) is 0 Å². The number of nitrogens with zero attached hydrogens (tertiary/aromatic N) is 6. The maximum atomic E-state index is 13.0. The first kappa shape index (κ1) is 19.9. The van der Waals surface area contributed by atoms with Gasteiger partial charge in [0.2, 0.25) is 11.9 Å². The molecular weight excluding hydrogens is 340 g/mol. The summed E-state index contributed by atoms with van der Waals surface area (Å²) in [6.07, 6.45) is 5.66. The number of amides is 1. The highest BCUT2D eigenvalue weighted by Gasteiger charge is 2.29. The van der Waals surface area contributed by atoms with Gasteiger partial charge in [0, 0.05) is 46.3 Å². The van der Waals surface area contributed by atoms with Crippen LogP contribution in [0.3, 0.4) is 0 Å². The number of hydrogen-bond donors (Lipinski definition) is 0. The number of anilines is 2. The molecule has 0 aromatic carbocycles. The smallest absolute Gasteiger partial charge is 0.237 e. The zero-order chi connectivity index (χ0) is 19.6. The van der Waals surface area contributed by atoms with E-state index in [2.05, 4.69) is 11.8 Å². The van der Waals surface area contributed by atoms with E-state index in [0.717, 1.165) is 37.4 Å². The average molecular weight is 375 g/mol. The molecule has 1 fully saturated rings. The minimum absolute atomic E-state index is 0.234. The lowest BCUT2D eigenvalue weighted by molar-refractivity contribution is -0.134. The van der Waals surface area contributed by atoms with E-state index in [1.165, 1.54) is 24.8 Å². The van der Waals surface area contributed by atoms with Crippen molar-refractivity contribution in [2.75, 3.05) is 57.6 Å². The summed E-state index contributed by atoms with van der Waals surface area (Å²) in [7, 11) is 7.93. The normalized spacial score (nSPS) is 20.3. The number of carbonyl (C=O) groups is 1. The van der Waals surface area contributed by atoms with Gasteiger partial charge in [-0.1, -0.05) is 13.3 Å². The lowest BCUT2D eigenvalue weighted by atomic mass is 10.00. The number of carbonyl (C=O) groups excluding carboxylic acids is 1. The molecule has 0 aliphatic carbocycles. The first-order valence-corrected chi connectivity index (χ1v) is 10.2. The van der Waals surface area contributed by atoms with Crippen LogP contribution < -0.4 is 9.80 Å². The first-order chi connectivity index (χ1) is 12.9. The van der Waals surface area contributed by atoms with Gasteiger partial charge in [-0.15, -0.1) is 0 Å². The van der Waals surface area contributed by atoms with Crippen molar-refractivity contribution >= 4 is 17.7 Å². The van der Waals surface area contributed by atoms with E-state index in [9.17, 15) is 4.79 Å². The van der Waals surface area contributed by atoms with E-state index < -0.39 is 0 Å². The summed E-state index contributed by atoms with van der Waals surface area (Å²) in [5.74, 6) is 1.91. The van der Waals surface area contributed by atoms with Crippen LogP contribution in [-0.2, 0) is 17.8 Å². The minimum atomic E-state index is 0.234. The first-order valence-electron chi connectivity index (χ1n) is 10.2. The number of fused-ring (bicyclic) bond motifs is 1. The van der Waals surface area contributed by atoms with Gasteiger partial charge in [-0.2, -0.15) is 4.98 Å². The molecule has 2 aliphatic rings. The molecule has 1 unspecified atom stereocenters. The summed E-state index contributed by atoms with van der Waals surface area (Å²) in [5, 5.41) is 0. The van der Waals surface area contributed by atoms with Crippen LogP contribution in [0.2, 0.25) is 0 Å². The summed E-state index contributed by atoms with van der Waals surface area (Å²) in [6.45, 7) is 5.16. The van der Waals surface area contributed by atoms with Crippen molar-refractivity contribution in [2.24, 2.45) is 0 Å². The number of hydrogen-bond acceptors (Lipinski definition) is 6. The molecule has 0 saturated carbocycles. The predicted octanol–water partition coefficient (Wildman–Crippen LogP) is 1.76. The summed E-state index contributed by atoms with van der Waals surface area (Å²) in [4.78, 5) is 30.8. The number of likely N-dealkylation sites (tertiary alicyclic amines) is 1. The Morgan fingerprint density at radius 3 is 2.56 bits per heavy atom. The second-order valence-electron chi connectivity index (χ2n) is 8.15. The van der Waals surface area contributed by atoms with Crippen LogP contribution in [0, 0.1) is 0 Å². The van der Waals surface area contributed by atoms with Gasteiger partial charge in [0.25, 0.3) is 0 Å². The van der Waals surface area contributed by atoms with Crippen molar-refractivity contribution in [3.05, 3.63) is 11.3 Å². The summed E-state index contributed by atoms with van der Waals surface area (Å²) < 4.78 is 0. The maximum absolute atomic E-state index is 13.0. The van der Waals surface area contributed by atoms with E-state index >= 15 is 0 Å². The molecule has 3 rings (SSSR count). The Hall–Kier alpha value is -1.89. The van der Waals surface area contributed by atoms with Crippen LogP contribution in [-0.4, -0.2) is 79.5 Å². The van der Waals surface area contributed by atoms with E-state index in [-0.39, 0.29) is 5.91 Å². The van der Waals surface area contributed by atoms with Gasteiger partial charge in [0.15, 0.2) is 0 Å². The van der Waals surface area contributed by atoms with Gasteiger partial charge in [-0.25, -0.2) is 4.98 Å². The van der Waals surface area contributed by atoms with Crippen LogP contribution in [0.15, 0.2) is 0 Å². The topological polar surface area (TPSA) is 55.8 Å². The molecule has 0 bridgehead atoms. The Balaban J connectivity index is 1.76. The molecule has 1 aromatic rings. The average Bonchev–Trinajstić information content (AvgIpc) is 2.66. The third kappa shape index (κ3) is 4.34. The zero-order valence-corrected chi connectivity index (χ0v) is 17.5. The molecule has 150 valence electrons. The predicted molar refractivity (Wildman–Crippen MR) is 109 cm³/mol. The van der Waals surface area contributed by atoms with Crippen molar-refractivity contribution in [1.82, 2.24) is 19.8 Å². The largest absolute Gasteiger partial charge is 0.362 e. The lowest BCUT2D eigenvalue weighted by Gasteiger charge is -2.37. The summed E-state index contributed by atoms with van der Waals surface area (Å²) in [5.41, 5.74) is 2.17. The molecule has 1 saturated heterocycles. The standard InChI is InChI=1S/C20H34N6O/c1-6-15-9-7-8-11-25(15)14-18(27)26-12-10-16-17(13-26)21-20(24(4)5)22-19(16)23(2)3/h15H,6-14H2,1-5H3. The van der Waals surface area contributed by atoms with E-state index in [4.69, 9.17) is 9.97 Å². The summed E-state index contributed by atoms with van der Waals surface area (Å²) >= 11 is 0. The third-order valence-corrected chi connectivity index (χ3v) is 5.77. The fourth-order valence-electron chi connectivity index (χ4n) is 4.18. The highest BCUT2D eigenvalue weighted by atomic mass is 16.2. The molecule has 3 heterocycles. The third-order valence-electron chi connectivity index (χ3n) is 5.77. The zero-order valence-electron chi connectivity index (χ0n) is 17.5. The van der Waals surface area contributed by atoms with Crippen molar-refractivity contribution in [3.8, 4) is 0 Å². The Bertz CT molecular complexity index is 675. The number of piperidine rings is 1. The van der Waals surface area contributed by atoms with E-state index in [1.807, 2.05) is 42.9 Å². The maximum Gasteiger partial charge on any atom is 0.237 e. The molecule has 0 radical (unpaired) electrons. The fourth-order valence-corrected chi connectivity index (χ4v) is 4.18. The molecule has 1 amide bonds. The molecule has 1 atom stereocenters. The minimum Gasteiger partial charge on any atom is -0.362 e. The van der Waals surface area contributed by atoms with Gasteiger partial charge in [0.1, 0.15) is 5.82 Å². The second-order valence-corrected chi connectivity index (χ2v) is 8.15. The molecule has 2 aliphatic heterocycles. The van der Waals surface area contributed by atoms with Crippen molar-refractivity contribution in [1.29, 1.82) is 0 Å². The summed E-state index contributed by atoms with van der Waals surface area (Å²) in [6, 6.07) is 0.558. The fraction of sp³-hybridized carbons (Fsp3) is 0.750. The van der Waals surface area contributed by atoms with Crippen LogP contribution in [0.1, 0.15) is 43.9 Å². The Kier molecular flexibility index (Phi) is 6.19. The van der Waals surface area contributed by atoms with Gasteiger partial charge < -0.3 is 14.7 Å². The van der Waals surface area contributed by atoms with Crippen LogP contribution in [0.4, 0.5) is 11.8 Å². The molecule has 0 spiro atoms. The van der Waals surface area contributed by atoms with Crippen molar-refractivity contribution in [3.63, 3.8) is 0 Å². The SMILES string of the molecule is CCC1CCCCN1CC(=O)N1CCc2c(nc(N(C)C)nc2N(C)C)C1. The second kappa shape index (κ2) is 8.42. The van der Waals surface area contributed by atoms with Gasteiger partial charge >= 0.3 is 0 Å². The number of aromatic nitrogens is 2. The monoisotopic (exact) mass is 374 g/mol. The quantitative estimate of drug-likeness (QED) is 0.783. The Morgan fingerprint density at radius 1 is 1.11 bits per heavy atom. The molecule has 27 heavy (non-hydrogen) atoms. The highest BCUT2D eigenvalue weighted by Crippen LogP contribution is 2.28. The van der Waals surface area contributed by atoms with Gasteiger partial charge in [-0.3, -0.25) is 9.69 Å². The molecule has 1 aromatic heterocycles. The molecule has 7 heteroatoms. The molecule has 7 nitrogen and oxygen atoms in total. The lowest BCUT2D eigenvalue weighted by Crippen LogP contribution is -2.48. The van der Waals surface area contributed by atoms with Crippen molar-refractivity contribution < 1.29 is 4.79 Å². The Labute approximate surface area is 163 Å². The van der Waals surface area contributed by atoms with Crippen LogP contribution >= 0.6 is 0 Å². The van der Waals surface area contributed by atoms with E-state index in [1.54, 1.807) is 0 Å². The van der Waals surface area contributed by atoms with Gasteiger partial charge in [-0.05, 0) is 32.2 Å². The molecular formula is C20H34N6O. The van der Waals surface area contributed by atoms with Crippen LogP contribution in [0.5, 0.6) is 0 Å². The number of rotatable bonds is 5. The highest BCUT2D eigenvalue weighted by molar-refractivity contribution is 5.78.